The van der Waals surface area contributed by atoms with Gasteiger partial charge in [-0.25, -0.2) is 4.98 Å². The molecule has 42 heavy (non-hydrogen) atoms. The van der Waals surface area contributed by atoms with Gasteiger partial charge in [0.15, 0.2) is 11.4 Å². The molecule has 1 heterocycles. The van der Waals surface area contributed by atoms with E-state index in [-0.39, 0.29) is 29.2 Å². The molecule has 0 unspecified atom stereocenters. The van der Waals surface area contributed by atoms with Crippen LogP contribution in [0, 0.1) is 11.8 Å². The standard InChI is InChI=1S/C31H38N4O7/c1-15-16-7-8-18(30(2,3)9-6-11-35-12-10-33-14-35)24(36)20(16)25(37)21-17(15)13-19-23(34(4)5)26(38)22(29(32)41)28(40)31(19,42)27(21)39/h7-8,10,12,14-15,17,19,23,36,38-39,42H,6,9,11,13H2,1-5H3,(H2,32,41)/t15-,17+,19-,23-,31-/m0/s1. The van der Waals surface area contributed by atoms with Gasteiger partial charge in [0.25, 0.3) is 5.91 Å². The fourth-order valence-electron chi connectivity index (χ4n) is 7.35. The second-order valence-electron chi connectivity index (χ2n) is 12.7. The molecule has 2 aromatic rings. The zero-order valence-electron chi connectivity index (χ0n) is 24.5. The number of allylic oxidation sites excluding steroid dienone is 1. The number of aryl methyl sites for hydroxylation is 1. The summed E-state index contributed by atoms with van der Waals surface area (Å²) in [7, 11) is 3.21. The minimum atomic E-state index is -2.66. The Morgan fingerprint density at radius 3 is 2.50 bits per heavy atom. The van der Waals surface area contributed by atoms with Gasteiger partial charge in [-0.1, -0.05) is 32.9 Å². The van der Waals surface area contributed by atoms with Crippen molar-refractivity contribution in [3.8, 4) is 5.75 Å². The molecule has 0 radical (unpaired) electrons. The van der Waals surface area contributed by atoms with E-state index in [1.165, 1.54) is 4.90 Å². The van der Waals surface area contributed by atoms with Crippen molar-refractivity contribution >= 4 is 17.5 Å². The molecule has 11 heteroatoms. The van der Waals surface area contributed by atoms with Gasteiger partial charge in [-0.05, 0) is 56.2 Å². The van der Waals surface area contributed by atoms with Crippen molar-refractivity contribution in [1.82, 2.24) is 14.5 Å². The molecule has 0 aliphatic heterocycles. The van der Waals surface area contributed by atoms with Crippen LogP contribution in [0.1, 0.15) is 67.4 Å². The van der Waals surface area contributed by atoms with Crippen LogP contribution in [0.3, 0.4) is 0 Å². The normalized spacial score (nSPS) is 27.7. The van der Waals surface area contributed by atoms with Crippen LogP contribution in [-0.4, -0.2) is 78.1 Å². The van der Waals surface area contributed by atoms with Crippen molar-refractivity contribution in [2.75, 3.05) is 14.1 Å². The molecule has 1 aromatic heterocycles. The third-order valence-corrected chi connectivity index (χ3v) is 9.61. The number of hydrogen-bond donors (Lipinski definition) is 5. The van der Waals surface area contributed by atoms with E-state index < -0.39 is 63.5 Å². The van der Waals surface area contributed by atoms with Crippen molar-refractivity contribution in [2.24, 2.45) is 17.6 Å². The number of rotatable bonds is 7. The quantitative estimate of drug-likeness (QED) is 0.309. The molecule has 3 aliphatic carbocycles. The SMILES string of the molecule is C[C@H]1c2ccc(C(C)(C)CCCn3ccnc3)c(O)c2C(=O)C2=C(O)[C@]3(O)C(=O)C(C(N)=O)=C(O)[C@@H](N(C)C)[C@@H]3C[C@@H]21. The second-order valence-corrected chi connectivity index (χ2v) is 12.7. The number of fused-ring (bicyclic) bond motifs is 3. The van der Waals surface area contributed by atoms with Crippen LogP contribution in [0.4, 0.5) is 0 Å². The fourth-order valence-corrected chi connectivity index (χ4v) is 7.35. The van der Waals surface area contributed by atoms with Gasteiger partial charge in [-0.2, -0.15) is 0 Å². The lowest BCUT2D eigenvalue weighted by Crippen LogP contribution is -2.64. The van der Waals surface area contributed by atoms with Crippen LogP contribution in [-0.2, 0) is 21.5 Å². The molecule has 0 spiro atoms. The smallest absolute Gasteiger partial charge is 0.255 e. The Kier molecular flexibility index (Phi) is 7.10. The molecular formula is C31H38N4O7. The molecule has 224 valence electrons. The minimum absolute atomic E-state index is 0.0310. The number of amides is 1. The van der Waals surface area contributed by atoms with Crippen LogP contribution in [0.25, 0.3) is 0 Å². The molecule has 6 N–H and O–H groups in total. The number of phenols is 1. The average Bonchev–Trinajstić information content (AvgIpc) is 3.42. The molecular weight excluding hydrogens is 540 g/mol. The van der Waals surface area contributed by atoms with E-state index in [9.17, 15) is 34.8 Å². The summed E-state index contributed by atoms with van der Waals surface area (Å²) in [4.78, 5) is 45.4. The molecule has 1 amide bonds. The Balaban J connectivity index is 1.59. The molecule has 11 nitrogen and oxygen atoms in total. The first-order valence-corrected chi connectivity index (χ1v) is 14.1. The van der Waals surface area contributed by atoms with E-state index in [0.29, 0.717) is 17.5 Å². The fraction of sp³-hybridized carbons (Fsp3) is 0.484. The molecule has 5 rings (SSSR count). The van der Waals surface area contributed by atoms with E-state index in [1.807, 2.05) is 43.7 Å². The number of benzene rings is 1. The number of aromatic nitrogens is 2. The predicted molar refractivity (Wildman–Crippen MR) is 153 cm³/mol. The number of hydrogen-bond acceptors (Lipinski definition) is 9. The Morgan fingerprint density at radius 1 is 1.21 bits per heavy atom. The number of primary amides is 1. The number of likely N-dealkylation sites (N-methyl/N-ethyl adjacent to an activating group) is 1. The lowest BCUT2D eigenvalue weighted by Gasteiger charge is -2.51. The highest BCUT2D eigenvalue weighted by Gasteiger charge is 2.64. The number of nitrogens with zero attached hydrogens (tertiary/aromatic N) is 3. The number of carbonyl (C=O) groups is 3. The zero-order valence-corrected chi connectivity index (χ0v) is 24.5. The molecule has 0 bridgehead atoms. The zero-order chi connectivity index (χ0) is 30.9. The number of carbonyl (C=O) groups excluding carboxylic acids is 3. The number of aliphatic hydroxyl groups is 3. The molecule has 0 saturated heterocycles. The van der Waals surface area contributed by atoms with E-state index in [4.69, 9.17) is 5.73 Å². The van der Waals surface area contributed by atoms with E-state index in [2.05, 4.69) is 4.98 Å². The summed E-state index contributed by atoms with van der Waals surface area (Å²) in [6.07, 6.45) is 6.88. The van der Waals surface area contributed by atoms with Gasteiger partial charge in [-0.3, -0.25) is 19.3 Å². The number of aromatic hydroxyl groups is 1. The van der Waals surface area contributed by atoms with Crippen LogP contribution in [0.15, 0.2) is 53.5 Å². The topological polar surface area (TPSA) is 179 Å². The summed E-state index contributed by atoms with van der Waals surface area (Å²) < 4.78 is 1.97. The third kappa shape index (κ3) is 4.17. The maximum atomic E-state index is 14.1. The maximum absolute atomic E-state index is 14.1. The number of Topliss-reactive ketones (excluding diaryl/α,β-unsaturated/α-hetero) is 2. The van der Waals surface area contributed by atoms with E-state index >= 15 is 0 Å². The van der Waals surface area contributed by atoms with Crippen LogP contribution in [0.2, 0.25) is 0 Å². The number of aliphatic hydroxyl groups excluding tert-OH is 2. The second kappa shape index (κ2) is 10.1. The Bertz CT molecular complexity index is 1540. The molecule has 5 atom stereocenters. The monoisotopic (exact) mass is 578 g/mol. The van der Waals surface area contributed by atoms with Crippen molar-refractivity contribution in [3.63, 3.8) is 0 Å². The van der Waals surface area contributed by atoms with Gasteiger partial charge in [0.1, 0.15) is 22.8 Å². The van der Waals surface area contributed by atoms with Gasteiger partial charge in [0, 0.05) is 36.0 Å². The average molecular weight is 579 g/mol. The molecule has 0 saturated carbocycles. The van der Waals surface area contributed by atoms with Crippen LogP contribution < -0.4 is 5.73 Å². The number of imidazole rings is 1. The molecule has 0 fully saturated rings. The number of phenolic OH excluding ortho intramolecular Hbond substituents is 1. The minimum Gasteiger partial charge on any atom is -0.510 e. The predicted octanol–water partition coefficient (Wildman–Crippen LogP) is 2.64. The van der Waals surface area contributed by atoms with E-state index in [1.54, 1.807) is 26.6 Å². The lowest BCUT2D eigenvalue weighted by atomic mass is 9.56. The van der Waals surface area contributed by atoms with Crippen molar-refractivity contribution in [2.45, 2.75) is 69.6 Å². The molecule has 3 aliphatic rings. The van der Waals surface area contributed by atoms with Crippen molar-refractivity contribution in [3.05, 3.63) is 70.2 Å². The third-order valence-electron chi connectivity index (χ3n) is 9.61. The van der Waals surface area contributed by atoms with Crippen LogP contribution >= 0.6 is 0 Å². The van der Waals surface area contributed by atoms with Gasteiger partial charge in [0.05, 0.1) is 17.9 Å². The Labute approximate surface area is 244 Å². The highest BCUT2D eigenvalue weighted by Crippen LogP contribution is 2.56. The van der Waals surface area contributed by atoms with Gasteiger partial charge in [-0.15, -0.1) is 0 Å². The Hall–Kier alpha value is -3.96. The first-order valence-electron chi connectivity index (χ1n) is 14.1. The number of ketones is 2. The summed E-state index contributed by atoms with van der Waals surface area (Å²) in [5.41, 5.74) is 2.46. The van der Waals surface area contributed by atoms with Crippen molar-refractivity contribution < 1.29 is 34.8 Å². The number of nitrogens with two attached hydrogens (primary N) is 1. The first-order chi connectivity index (χ1) is 19.6. The summed E-state index contributed by atoms with van der Waals surface area (Å²) in [6.45, 7) is 6.58. The Morgan fingerprint density at radius 2 is 1.90 bits per heavy atom. The van der Waals surface area contributed by atoms with Crippen molar-refractivity contribution in [1.29, 1.82) is 0 Å². The van der Waals surface area contributed by atoms with Gasteiger partial charge >= 0.3 is 0 Å². The summed E-state index contributed by atoms with van der Waals surface area (Å²) in [6, 6.07) is 2.64. The van der Waals surface area contributed by atoms with Crippen LogP contribution in [0.5, 0.6) is 5.75 Å². The summed E-state index contributed by atoms with van der Waals surface area (Å²) in [5.74, 6) is -6.89. The highest BCUT2D eigenvalue weighted by molar-refractivity contribution is 6.24. The largest absolute Gasteiger partial charge is 0.510 e. The van der Waals surface area contributed by atoms with E-state index in [0.717, 1.165) is 13.0 Å². The first kappa shape index (κ1) is 29.5. The van der Waals surface area contributed by atoms with Gasteiger partial charge in [0.2, 0.25) is 5.78 Å². The lowest BCUT2D eigenvalue weighted by molar-refractivity contribution is -0.148. The maximum Gasteiger partial charge on any atom is 0.255 e. The molecule has 1 aromatic carbocycles. The van der Waals surface area contributed by atoms with Gasteiger partial charge < -0.3 is 30.7 Å². The highest BCUT2D eigenvalue weighted by atomic mass is 16.3. The summed E-state index contributed by atoms with van der Waals surface area (Å²) in [5, 5.41) is 45.9. The summed E-state index contributed by atoms with van der Waals surface area (Å²) >= 11 is 0.